The molecule has 1 aromatic heterocycles. The molecule has 0 bridgehead atoms. The smallest absolute Gasteiger partial charge is 0.182 e. The number of nitrogens with one attached hydrogen (secondary N) is 1. The molecule has 0 aliphatic carbocycles. The number of pyridine rings is 1. The van der Waals surface area contributed by atoms with Gasteiger partial charge in [0.15, 0.2) is 11.6 Å². The number of alkyl halides is 1. The van der Waals surface area contributed by atoms with Crippen LogP contribution in [-0.2, 0) is 0 Å². The Balaban J connectivity index is 1.33. The first-order chi connectivity index (χ1) is 17.7. The maximum absolute atomic E-state index is 15.4. The van der Waals surface area contributed by atoms with E-state index < -0.39 is 34.9 Å². The Labute approximate surface area is 212 Å². The summed E-state index contributed by atoms with van der Waals surface area (Å²) < 4.78 is 75.8. The lowest BCUT2D eigenvalue weighted by molar-refractivity contribution is 0.0314. The molecule has 1 atom stereocenters. The van der Waals surface area contributed by atoms with E-state index in [0.29, 0.717) is 61.6 Å². The number of hydrogen-bond donors (Lipinski definition) is 2. The van der Waals surface area contributed by atoms with Gasteiger partial charge in [0, 0.05) is 42.8 Å². The molecule has 1 fully saturated rings. The SMILES string of the molecule is COc1ccc2ncc(F)c([C@H](F)CCC3(CO)CCN(CCNc4cc(F)cc(F)c4F)CC3)c2c1. The fourth-order valence-electron chi connectivity index (χ4n) is 4.96. The van der Waals surface area contributed by atoms with Crippen LogP contribution < -0.4 is 10.1 Å². The maximum atomic E-state index is 15.4. The number of benzene rings is 2. The summed E-state index contributed by atoms with van der Waals surface area (Å²) in [4.78, 5) is 6.13. The molecule has 4 rings (SSSR count). The highest BCUT2D eigenvalue weighted by atomic mass is 19.2. The molecule has 37 heavy (non-hydrogen) atoms. The molecule has 2 N–H and O–H groups in total. The van der Waals surface area contributed by atoms with Crippen LogP contribution in [0.15, 0.2) is 36.5 Å². The van der Waals surface area contributed by atoms with Crippen molar-refractivity contribution in [1.82, 2.24) is 9.88 Å². The van der Waals surface area contributed by atoms with Crippen LogP contribution >= 0.6 is 0 Å². The maximum Gasteiger partial charge on any atom is 0.182 e. The third-order valence-corrected chi connectivity index (χ3v) is 7.30. The van der Waals surface area contributed by atoms with Crippen LogP contribution in [0.4, 0.5) is 27.6 Å². The number of methoxy groups -OCH3 is 1. The molecule has 200 valence electrons. The van der Waals surface area contributed by atoms with Gasteiger partial charge in [-0.2, -0.15) is 0 Å². The summed E-state index contributed by atoms with van der Waals surface area (Å²) in [5.41, 5.74) is -0.314. The lowest BCUT2D eigenvalue weighted by Crippen LogP contribution is -2.43. The molecule has 0 saturated carbocycles. The first-order valence-electron chi connectivity index (χ1n) is 12.2. The number of ether oxygens (including phenoxy) is 1. The van der Waals surface area contributed by atoms with Crippen molar-refractivity contribution in [3.05, 3.63) is 65.4 Å². The van der Waals surface area contributed by atoms with Crippen molar-refractivity contribution in [1.29, 1.82) is 0 Å². The molecule has 0 amide bonds. The Bertz CT molecular complexity index is 1230. The number of piperidine rings is 1. The number of rotatable bonds is 10. The molecule has 3 aromatic rings. The van der Waals surface area contributed by atoms with Crippen molar-refractivity contribution in [3.8, 4) is 5.75 Å². The van der Waals surface area contributed by atoms with Gasteiger partial charge in [-0.25, -0.2) is 22.0 Å². The molecular formula is C27H30F5N3O2. The normalized spacial score (nSPS) is 16.6. The second-order valence-corrected chi connectivity index (χ2v) is 9.58. The highest BCUT2D eigenvalue weighted by Gasteiger charge is 2.35. The number of aliphatic hydroxyl groups is 1. The van der Waals surface area contributed by atoms with Gasteiger partial charge in [-0.3, -0.25) is 4.98 Å². The number of halogens is 5. The van der Waals surface area contributed by atoms with E-state index in [1.165, 1.54) is 7.11 Å². The number of hydrogen-bond acceptors (Lipinski definition) is 5. The first kappa shape index (κ1) is 27.1. The second-order valence-electron chi connectivity index (χ2n) is 9.58. The van der Waals surface area contributed by atoms with E-state index in [9.17, 15) is 22.7 Å². The van der Waals surface area contributed by atoms with Crippen LogP contribution in [0, 0.1) is 28.7 Å². The Hall–Kier alpha value is -2.98. The zero-order valence-electron chi connectivity index (χ0n) is 20.5. The summed E-state index contributed by atoms with van der Waals surface area (Å²) in [6, 6.07) is 6.31. The summed E-state index contributed by atoms with van der Waals surface area (Å²) in [6.07, 6.45) is 1.07. The van der Waals surface area contributed by atoms with Crippen molar-refractivity contribution in [2.24, 2.45) is 5.41 Å². The molecule has 5 nitrogen and oxygen atoms in total. The van der Waals surface area contributed by atoms with Gasteiger partial charge in [0.1, 0.15) is 23.6 Å². The number of likely N-dealkylation sites (tertiary alicyclic amines) is 1. The van der Waals surface area contributed by atoms with E-state index in [4.69, 9.17) is 4.74 Å². The Morgan fingerprint density at radius 2 is 1.86 bits per heavy atom. The van der Waals surface area contributed by atoms with Gasteiger partial charge in [-0.1, -0.05) is 0 Å². The number of aliphatic hydroxyl groups excluding tert-OH is 1. The van der Waals surface area contributed by atoms with Gasteiger partial charge in [0.25, 0.3) is 0 Å². The van der Waals surface area contributed by atoms with E-state index in [0.717, 1.165) is 12.3 Å². The van der Waals surface area contributed by atoms with Crippen LogP contribution in [-0.4, -0.2) is 54.9 Å². The van der Waals surface area contributed by atoms with E-state index in [1.807, 2.05) is 0 Å². The number of aromatic nitrogens is 1. The fraction of sp³-hybridized carbons (Fsp3) is 0.444. The first-order valence-corrected chi connectivity index (χ1v) is 12.2. The van der Waals surface area contributed by atoms with Gasteiger partial charge >= 0.3 is 0 Å². The van der Waals surface area contributed by atoms with Crippen molar-refractivity contribution in [3.63, 3.8) is 0 Å². The Morgan fingerprint density at radius 3 is 2.57 bits per heavy atom. The third kappa shape index (κ3) is 6.13. The van der Waals surface area contributed by atoms with Gasteiger partial charge in [-0.05, 0) is 62.4 Å². The molecule has 1 saturated heterocycles. The molecule has 0 radical (unpaired) electrons. The van der Waals surface area contributed by atoms with E-state index >= 15 is 4.39 Å². The van der Waals surface area contributed by atoms with Crippen LogP contribution in [0.2, 0.25) is 0 Å². The zero-order valence-corrected chi connectivity index (χ0v) is 20.5. The minimum Gasteiger partial charge on any atom is -0.497 e. The summed E-state index contributed by atoms with van der Waals surface area (Å²) in [7, 11) is 1.48. The van der Waals surface area contributed by atoms with E-state index in [2.05, 4.69) is 15.2 Å². The van der Waals surface area contributed by atoms with Crippen molar-refractivity contribution >= 4 is 16.6 Å². The van der Waals surface area contributed by atoms with Crippen LogP contribution in [0.1, 0.15) is 37.4 Å². The summed E-state index contributed by atoms with van der Waals surface area (Å²) in [6.45, 7) is 1.88. The predicted molar refractivity (Wildman–Crippen MR) is 131 cm³/mol. The van der Waals surface area contributed by atoms with E-state index in [1.54, 1.807) is 18.2 Å². The van der Waals surface area contributed by atoms with Crippen molar-refractivity contribution in [2.45, 2.75) is 31.9 Å². The topological polar surface area (TPSA) is 57.6 Å². The molecule has 0 spiro atoms. The highest BCUT2D eigenvalue weighted by Crippen LogP contribution is 2.40. The van der Waals surface area contributed by atoms with Crippen molar-refractivity contribution in [2.75, 3.05) is 45.2 Å². The molecule has 0 unspecified atom stereocenters. The van der Waals surface area contributed by atoms with Crippen LogP contribution in [0.5, 0.6) is 5.75 Å². The Morgan fingerprint density at radius 1 is 1.11 bits per heavy atom. The lowest BCUT2D eigenvalue weighted by Gasteiger charge is -2.41. The summed E-state index contributed by atoms with van der Waals surface area (Å²) >= 11 is 0. The standard InChI is InChI=1S/C27H30F5N3O2/c1-37-18-2-3-23-19(14-18)25(22(31)15-34-23)20(29)4-5-27(16-36)6-9-35(10-7-27)11-8-33-24-13-17(28)12-21(30)26(24)32/h2-3,12-15,20,33,36H,4-11,16H2,1H3/t20-/m1/s1. The molecular weight excluding hydrogens is 493 g/mol. The highest BCUT2D eigenvalue weighted by molar-refractivity contribution is 5.84. The number of fused-ring (bicyclic) bond motifs is 1. The molecule has 2 aromatic carbocycles. The number of anilines is 1. The van der Waals surface area contributed by atoms with Gasteiger partial charge in [-0.15, -0.1) is 0 Å². The fourth-order valence-corrected chi connectivity index (χ4v) is 4.96. The number of nitrogens with zero attached hydrogens (tertiary/aromatic N) is 2. The van der Waals surface area contributed by atoms with Gasteiger partial charge in [0.2, 0.25) is 0 Å². The van der Waals surface area contributed by atoms with E-state index in [-0.39, 0.29) is 30.8 Å². The minimum atomic E-state index is -1.58. The van der Waals surface area contributed by atoms with Crippen LogP contribution in [0.25, 0.3) is 10.9 Å². The monoisotopic (exact) mass is 523 g/mol. The average molecular weight is 524 g/mol. The quantitative estimate of drug-likeness (QED) is 0.261. The zero-order chi connectivity index (χ0) is 26.6. The third-order valence-electron chi connectivity index (χ3n) is 7.30. The summed E-state index contributed by atoms with van der Waals surface area (Å²) in [5.74, 6) is -3.48. The average Bonchev–Trinajstić information content (AvgIpc) is 2.90. The molecule has 1 aliphatic heterocycles. The largest absolute Gasteiger partial charge is 0.497 e. The summed E-state index contributed by atoms with van der Waals surface area (Å²) in [5, 5.41) is 13.2. The van der Waals surface area contributed by atoms with Gasteiger partial charge in [0.05, 0.1) is 24.5 Å². The molecule has 1 aliphatic rings. The van der Waals surface area contributed by atoms with Gasteiger partial charge < -0.3 is 20.1 Å². The minimum absolute atomic E-state index is 0.0414. The second kappa shape index (κ2) is 11.6. The van der Waals surface area contributed by atoms with Crippen LogP contribution in [0.3, 0.4) is 0 Å². The van der Waals surface area contributed by atoms with Crippen molar-refractivity contribution < 1.29 is 31.8 Å². The molecule has 10 heteroatoms. The lowest BCUT2D eigenvalue weighted by atomic mass is 9.74. The molecule has 2 heterocycles. The Kier molecular flexibility index (Phi) is 8.49. The predicted octanol–water partition coefficient (Wildman–Crippen LogP) is 5.78.